The molecule has 15 heavy (non-hydrogen) atoms. The Morgan fingerprint density at radius 2 is 2.13 bits per heavy atom. The molecular formula is C10H7Cl2FN2. The predicted molar refractivity (Wildman–Crippen MR) is 58.1 cm³/mol. The highest BCUT2D eigenvalue weighted by molar-refractivity contribution is 6.30. The number of hydrogen-bond acceptors (Lipinski definition) is 1. The Hall–Kier alpha value is -1.06. The summed E-state index contributed by atoms with van der Waals surface area (Å²) >= 11 is 11.4. The van der Waals surface area contributed by atoms with Crippen molar-refractivity contribution in [3.8, 4) is 5.69 Å². The van der Waals surface area contributed by atoms with Gasteiger partial charge in [-0.2, -0.15) is 5.10 Å². The number of nitrogens with zero attached hydrogens (tertiary/aromatic N) is 2. The van der Waals surface area contributed by atoms with E-state index in [2.05, 4.69) is 5.10 Å². The molecule has 0 saturated carbocycles. The summed E-state index contributed by atoms with van der Waals surface area (Å²) in [5, 5.41) is 4.48. The lowest BCUT2D eigenvalue weighted by molar-refractivity contribution is 0.624. The van der Waals surface area contributed by atoms with Crippen LogP contribution in [0.15, 0.2) is 30.6 Å². The average Bonchev–Trinajstić information content (AvgIpc) is 2.64. The average molecular weight is 245 g/mol. The van der Waals surface area contributed by atoms with E-state index in [4.69, 9.17) is 23.2 Å². The Labute approximate surface area is 96.2 Å². The lowest BCUT2D eigenvalue weighted by Gasteiger charge is -2.03. The zero-order valence-corrected chi connectivity index (χ0v) is 9.13. The molecule has 2 nitrogen and oxygen atoms in total. The van der Waals surface area contributed by atoms with Gasteiger partial charge in [-0.25, -0.2) is 9.07 Å². The van der Waals surface area contributed by atoms with Crippen LogP contribution in [0.5, 0.6) is 0 Å². The minimum absolute atomic E-state index is 0.264. The zero-order valence-electron chi connectivity index (χ0n) is 7.62. The van der Waals surface area contributed by atoms with E-state index in [0.717, 1.165) is 0 Å². The van der Waals surface area contributed by atoms with Crippen molar-refractivity contribution in [2.24, 2.45) is 0 Å². The normalized spacial score (nSPS) is 10.6. The lowest BCUT2D eigenvalue weighted by Crippen LogP contribution is -1.96. The van der Waals surface area contributed by atoms with Gasteiger partial charge in [0.05, 0.1) is 16.9 Å². The van der Waals surface area contributed by atoms with Crippen molar-refractivity contribution in [2.75, 3.05) is 0 Å². The van der Waals surface area contributed by atoms with Crippen molar-refractivity contribution in [3.63, 3.8) is 0 Å². The molecule has 1 aromatic carbocycles. The summed E-state index contributed by atoms with van der Waals surface area (Å²) in [6.45, 7) is 0. The summed E-state index contributed by atoms with van der Waals surface area (Å²) < 4.78 is 14.7. The number of hydrogen-bond donors (Lipinski definition) is 0. The molecule has 0 atom stereocenters. The third kappa shape index (κ3) is 2.30. The Morgan fingerprint density at radius 1 is 1.33 bits per heavy atom. The fourth-order valence-corrected chi connectivity index (χ4v) is 1.58. The van der Waals surface area contributed by atoms with Crippen molar-refractivity contribution in [2.45, 2.75) is 5.88 Å². The van der Waals surface area contributed by atoms with Gasteiger partial charge in [-0.15, -0.1) is 11.6 Å². The fourth-order valence-electron chi connectivity index (χ4n) is 1.28. The van der Waals surface area contributed by atoms with Gasteiger partial charge in [-0.05, 0) is 23.8 Å². The molecule has 0 radical (unpaired) electrons. The second kappa shape index (κ2) is 4.21. The molecule has 0 N–H and O–H groups in total. The summed E-state index contributed by atoms with van der Waals surface area (Å²) in [6, 6.07) is 4.53. The predicted octanol–water partition coefficient (Wildman–Crippen LogP) is 3.40. The molecule has 5 heteroatoms. The number of aromatic nitrogens is 2. The molecule has 0 aliphatic heterocycles. The van der Waals surface area contributed by atoms with Gasteiger partial charge in [0.25, 0.3) is 0 Å². The summed E-state index contributed by atoms with van der Waals surface area (Å²) in [5.41, 5.74) is 1.32. The van der Waals surface area contributed by atoms with Crippen LogP contribution >= 0.6 is 23.2 Å². The first kappa shape index (κ1) is 10.5. The van der Waals surface area contributed by atoms with E-state index in [9.17, 15) is 4.39 Å². The van der Waals surface area contributed by atoms with Gasteiger partial charge in [0.2, 0.25) is 0 Å². The number of halogens is 3. The van der Waals surface area contributed by atoms with E-state index >= 15 is 0 Å². The minimum atomic E-state index is -0.338. The summed E-state index contributed by atoms with van der Waals surface area (Å²) in [5.74, 6) is -0.0745. The van der Waals surface area contributed by atoms with Gasteiger partial charge in [-0.1, -0.05) is 11.6 Å². The molecule has 1 aromatic heterocycles. The summed E-state index contributed by atoms with van der Waals surface area (Å²) in [4.78, 5) is 0. The first-order valence-electron chi connectivity index (χ1n) is 4.25. The quantitative estimate of drug-likeness (QED) is 0.741. The van der Waals surface area contributed by atoms with Gasteiger partial charge in [0.1, 0.15) is 5.82 Å². The zero-order chi connectivity index (χ0) is 10.8. The first-order valence-corrected chi connectivity index (χ1v) is 5.16. The summed E-state index contributed by atoms with van der Waals surface area (Å²) in [7, 11) is 0. The highest BCUT2D eigenvalue weighted by Crippen LogP contribution is 2.16. The molecule has 0 aliphatic carbocycles. The molecule has 0 fully saturated rings. The van der Waals surface area contributed by atoms with Crippen LogP contribution in [-0.4, -0.2) is 9.78 Å². The lowest BCUT2D eigenvalue weighted by atomic mass is 10.2. The number of benzene rings is 1. The van der Waals surface area contributed by atoms with Crippen LogP contribution in [0, 0.1) is 5.82 Å². The number of rotatable bonds is 2. The summed E-state index contributed by atoms with van der Waals surface area (Å²) in [6.07, 6.45) is 3.10. The topological polar surface area (TPSA) is 17.8 Å². The van der Waals surface area contributed by atoms with E-state index in [1.54, 1.807) is 12.3 Å². The number of alkyl halides is 1. The van der Waals surface area contributed by atoms with Crippen LogP contribution in [0.4, 0.5) is 4.39 Å². The van der Waals surface area contributed by atoms with Crippen LogP contribution < -0.4 is 0 Å². The highest BCUT2D eigenvalue weighted by atomic mass is 35.5. The molecule has 1 heterocycles. The SMILES string of the molecule is Fc1cc(CCl)cc(-n2cc(Cl)cn2)c1. The van der Waals surface area contributed by atoms with Crippen molar-refractivity contribution < 1.29 is 4.39 Å². The maximum atomic E-state index is 13.2. The van der Waals surface area contributed by atoms with Crippen LogP contribution in [0.25, 0.3) is 5.69 Å². The maximum absolute atomic E-state index is 13.2. The molecule has 0 spiro atoms. The van der Waals surface area contributed by atoms with E-state index in [1.165, 1.54) is 23.0 Å². The van der Waals surface area contributed by atoms with Crippen LogP contribution in [-0.2, 0) is 5.88 Å². The molecule has 0 aliphatic rings. The second-order valence-electron chi connectivity index (χ2n) is 3.05. The molecule has 0 saturated heterocycles. The van der Waals surface area contributed by atoms with Gasteiger partial charge in [0, 0.05) is 12.1 Å². The molecule has 2 rings (SSSR count). The second-order valence-corrected chi connectivity index (χ2v) is 3.76. The smallest absolute Gasteiger partial charge is 0.125 e. The minimum Gasteiger partial charge on any atom is -0.239 e. The monoisotopic (exact) mass is 244 g/mol. The van der Waals surface area contributed by atoms with E-state index < -0.39 is 0 Å². The van der Waals surface area contributed by atoms with Gasteiger partial charge in [0.15, 0.2) is 0 Å². The highest BCUT2D eigenvalue weighted by Gasteiger charge is 2.03. The van der Waals surface area contributed by atoms with Crippen LogP contribution in [0.1, 0.15) is 5.56 Å². The third-order valence-electron chi connectivity index (χ3n) is 1.91. The maximum Gasteiger partial charge on any atom is 0.125 e. The molecule has 0 unspecified atom stereocenters. The molecule has 0 bridgehead atoms. The Bertz CT molecular complexity index is 482. The van der Waals surface area contributed by atoms with Gasteiger partial charge in [-0.3, -0.25) is 0 Å². The van der Waals surface area contributed by atoms with E-state index in [1.807, 2.05) is 0 Å². The molecular weight excluding hydrogens is 238 g/mol. The van der Waals surface area contributed by atoms with E-state index in [-0.39, 0.29) is 11.7 Å². The van der Waals surface area contributed by atoms with Gasteiger partial charge < -0.3 is 0 Å². The van der Waals surface area contributed by atoms with Crippen LogP contribution in [0.2, 0.25) is 5.02 Å². The molecule has 0 amide bonds. The Balaban J connectivity index is 2.48. The van der Waals surface area contributed by atoms with E-state index in [0.29, 0.717) is 16.3 Å². The Kier molecular flexibility index (Phi) is 2.93. The van der Waals surface area contributed by atoms with Crippen molar-refractivity contribution in [1.82, 2.24) is 9.78 Å². The fraction of sp³-hybridized carbons (Fsp3) is 0.100. The molecule has 78 valence electrons. The van der Waals surface area contributed by atoms with Crippen molar-refractivity contribution in [3.05, 3.63) is 47.0 Å². The largest absolute Gasteiger partial charge is 0.239 e. The first-order chi connectivity index (χ1) is 7.19. The molecule has 2 aromatic rings. The van der Waals surface area contributed by atoms with Gasteiger partial charge >= 0.3 is 0 Å². The third-order valence-corrected chi connectivity index (χ3v) is 2.42. The Morgan fingerprint density at radius 3 is 2.73 bits per heavy atom. The van der Waals surface area contributed by atoms with Crippen molar-refractivity contribution >= 4 is 23.2 Å². The van der Waals surface area contributed by atoms with Crippen LogP contribution in [0.3, 0.4) is 0 Å². The van der Waals surface area contributed by atoms with Crippen molar-refractivity contribution in [1.29, 1.82) is 0 Å². The standard InChI is InChI=1S/C10H7Cl2FN2/c11-4-7-1-9(13)3-10(2-7)15-6-8(12)5-14-15/h1-3,5-6H,4H2.